The highest BCUT2D eigenvalue weighted by Gasteiger charge is 2.23. The fourth-order valence-corrected chi connectivity index (χ4v) is 5.03. The summed E-state index contributed by atoms with van der Waals surface area (Å²) < 4.78 is 28.6. The molecule has 9 heteroatoms. The first-order valence-electron chi connectivity index (χ1n) is 11.9. The van der Waals surface area contributed by atoms with Gasteiger partial charge in [-0.1, -0.05) is 66.7 Å². The molecule has 0 aromatic heterocycles. The summed E-state index contributed by atoms with van der Waals surface area (Å²) in [5, 5.41) is 6.91. The predicted octanol–water partition coefficient (Wildman–Crippen LogP) is 3.69. The van der Waals surface area contributed by atoms with E-state index in [4.69, 9.17) is 0 Å². The Kier molecular flexibility index (Phi) is 8.18. The fourth-order valence-electron chi connectivity index (χ4n) is 3.94. The number of rotatable bonds is 10. The second-order valence-corrected chi connectivity index (χ2v) is 10.5. The molecular weight excluding hydrogens is 502 g/mol. The van der Waals surface area contributed by atoms with E-state index in [1.165, 1.54) is 25.1 Å². The molecule has 4 aromatic carbocycles. The highest BCUT2D eigenvalue weighted by atomic mass is 32.2. The van der Waals surface area contributed by atoms with E-state index in [0.29, 0.717) is 0 Å². The molecule has 0 aliphatic rings. The Morgan fingerprint density at radius 1 is 0.789 bits per heavy atom. The number of carbonyl (C=O) groups excluding carboxylic acids is 3. The molecule has 194 valence electrons. The van der Waals surface area contributed by atoms with E-state index < -0.39 is 22.0 Å². The second kappa shape index (κ2) is 11.7. The maximum absolute atomic E-state index is 13.1. The first kappa shape index (κ1) is 26.6. The van der Waals surface area contributed by atoms with Crippen LogP contribution in [0.25, 0.3) is 10.8 Å². The molecule has 38 heavy (non-hydrogen) atoms. The molecule has 0 aliphatic carbocycles. The fraction of sp³-hybridized carbons (Fsp3) is 0.138. The number of fused-ring (bicyclic) bond motifs is 1. The smallest absolute Gasteiger partial charge is 0.261 e. The minimum absolute atomic E-state index is 0.0950. The van der Waals surface area contributed by atoms with E-state index in [1.54, 1.807) is 24.3 Å². The van der Waals surface area contributed by atoms with Gasteiger partial charge in [0.2, 0.25) is 5.91 Å². The molecule has 4 aromatic rings. The Morgan fingerprint density at radius 2 is 1.50 bits per heavy atom. The Morgan fingerprint density at radius 3 is 2.24 bits per heavy atom. The van der Waals surface area contributed by atoms with Crippen LogP contribution in [-0.4, -0.2) is 38.6 Å². The molecule has 0 saturated carbocycles. The number of anilines is 1. The lowest BCUT2D eigenvalue weighted by Crippen LogP contribution is -2.46. The topological polar surface area (TPSA) is 121 Å². The number of hydrogen-bond donors (Lipinski definition) is 3. The lowest BCUT2D eigenvalue weighted by atomic mass is 10.0. The molecule has 4 rings (SSSR count). The summed E-state index contributed by atoms with van der Waals surface area (Å²) in [7, 11) is -3.92. The summed E-state index contributed by atoms with van der Waals surface area (Å²) in [5.41, 5.74) is 1.22. The third-order valence-corrected chi connectivity index (χ3v) is 7.28. The molecule has 0 saturated heterocycles. The van der Waals surface area contributed by atoms with Gasteiger partial charge in [-0.3, -0.25) is 19.1 Å². The summed E-state index contributed by atoms with van der Waals surface area (Å²) in [5.74, 6) is -1.26. The Bertz CT molecular complexity index is 1590. The molecule has 0 aliphatic heterocycles. The van der Waals surface area contributed by atoms with Crippen LogP contribution in [0.15, 0.2) is 102 Å². The summed E-state index contributed by atoms with van der Waals surface area (Å²) in [6.45, 7) is 1.08. The number of benzene rings is 4. The van der Waals surface area contributed by atoms with Crippen LogP contribution >= 0.6 is 0 Å². The number of sulfonamides is 1. The molecule has 8 nitrogen and oxygen atoms in total. The van der Waals surface area contributed by atoms with Crippen molar-refractivity contribution in [1.29, 1.82) is 0 Å². The highest BCUT2D eigenvalue weighted by Crippen LogP contribution is 2.22. The van der Waals surface area contributed by atoms with Gasteiger partial charge in [0.15, 0.2) is 5.78 Å². The SMILES string of the molecule is CC(=O)NCC(=O)[C@H](Cc1ccccc1)NC(=O)c1cccc(NS(=O)(=O)c2ccc3ccccc3c2)c1. The van der Waals surface area contributed by atoms with Gasteiger partial charge in [-0.05, 0) is 53.1 Å². The van der Waals surface area contributed by atoms with Crippen molar-refractivity contribution in [1.82, 2.24) is 10.6 Å². The van der Waals surface area contributed by atoms with E-state index >= 15 is 0 Å². The van der Waals surface area contributed by atoms with Crippen LogP contribution in [0.4, 0.5) is 5.69 Å². The van der Waals surface area contributed by atoms with E-state index in [-0.39, 0.29) is 40.8 Å². The van der Waals surface area contributed by atoms with Crippen LogP contribution in [0.5, 0.6) is 0 Å². The molecule has 0 heterocycles. The molecule has 0 radical (unpaired) electrons. The number of hydrogen-bond acceptors (Lipinski definition) is 5. The van der Waals surface area contributed by atoms with Gasteiger partial charge < -0.3 is 10.6 Å². The van der Waals surface area contributed by atoms with Crippen LogP contribution < -0.4 is 15.4 Å². The summed E-state index contributed by atoms with van der Waals surface area (Å²) in [6.07, 6.45) is 0.235. The normalized spacial score (nSPS) is 11.9. The van der Waals surface area contributed by atoms with Gasteiger partial charge >= 0.3 is 0 Å². The van der Waals surface area contributed by atoms with Crippen LogP contribution in [0.1, 0.15) is 22.8 Å². The molecular formula is C29H27N3O5S. The molecule has 0 fully saturated rings. The summed E-state index contributed by atoms with van der Waals surface area (Å²) in [4.78, 5) is 37.3. The van der Waals surface area contributed by atoms with Crippen molar-refractivity contribution >= 4 is 44.1 Å². The van der Waals surface area contributed by atoms with Crippen LogP contribution in [0.3, 0.4) is 0 Å². The highest BCUT2D eigenvalue weighted by molar-refractivity contribution is 7.92. The van der Waals surface area contributed by atoms with Crippen LogP contribution in [0, 0.1) is 0 Å². The maximum Gasteiger partial charge on any atom is 0.261 e. The van der Waals surface area contributed by atoms with Crippen LogP contribution in [-0.2, 0) is 26.0 Å². The number of nitrogens with one attached hydrogen (secondary N) is 3. The third-order valence-electron chi connectivity index (χ3n) is 5.90. The van der Waals surface area contributed by atoms with Crippen molar-refractivity contribution in [2.45, 2.75) is 24.3 Å². The Labute approximate surface area is 221 Å². The number of Topliss-reactive ketones (excluding diaryl/α,β-unsaturated/α-hetero) is 1. The van der Waals surface area contributed by atoms with Crippen molar-refractivity contribution in [3.63, 3.8) is 0 Å². The largest absolute Gasteiger partial charge is 0.349 e. The van der Waals surface area contributed by atoms with E-state index in [2.05, 4.69) is 15.4 Å². The number of carbonyl (C=O) groups is 3. The Hall–Kier alpha value is -4.50. The van der Waals surface area contributed by atoms with Gasteiger partial charge in [0.1, 0.15) is 0 Å². The summed E-state index contributed by atoms with van der Waals surface area (Å²) in [6, 6.07) is 26.6. The zero-order valence-electron chi connectivity index (χ0n) is 20.7. The monoisotopic (exact) mass is 529 g/mol. The van der Waals surface area contributed by atoms with Crippen molar-refractivity contribution in [3.05, 3.63) is 108 Å². The molecule has 1 atom stereocenters. The second-order valence-electron chi connectivity index (χ2n) is 8.79. The van der Waals surface area contributed by atoms with Crippen molar-refractivity contribution in [3.8, 4) is 0 Å². The van der Waals surface area contributed by atoms with Gasteiger partial charge in [0.25, 0.3) is 15.9 Å². The lowest BCUT2D eigenvalue weighted by molar-refractivity contribution is -0.124. The van der Waals surface area contributed by atoms with Gasteiger partial charge in [-0.15, -0.1) is 0 Å². The maximum atomic E-state index is 13.1. The minimum atomic E-state index is -3.92. The lowest BCUT2D eigenvalue weighted by Gasteiger charge is -2.18. The molecule has 0 spiro atoms. The van der Waals surface area contributed by atoms with Crippen molar-refractivity contribution in [2.75, 3.05) is 11.3 Å². The van der Waals surface area contributed by atoms with Gasteiger partial charge in [-0.2, -0.15) is 0 Å². The number of ketones is 1. The summed E-state index contributed by atoms with van der Waals surface area (Å²) >= 11 is 0. The average molecular weight is 530 g/mol. The first-order valence-corrected chi connectivity index (χ1v) is 13.4. The number of amides is 2. The Balaban J connectivity index is 1.51. The van der Waals surface area contributed by atoms with E-state index in [9.17, 15) is 22.8 Å². The van der Waals surface area contributed by atoms with Crippen molar-refractivity contribution in [2.24, 2.45) is 0 Å². The third kappa shape index (κ3) is 6.83. The first-order chi connectivity index (χ1) is 18.2. The zero-order valence-corrected chi connectivity index (χ0v) is 21.5. The quantitative estimate of drug-likeness (QED) is 0.289. The molecule has 0 bridgehead atoms. The standard InChI is InChI=1S/C29H27N3O5S/c1-20(33)30-19-28(34)27(16-21-8-3-2-4-9-21)31-29(35)24-12-7-13-25(17-24)32-38(36,37)26-15-14-22-10-5-6-11-23(22)18-26/h2-15,17-18,27,32H,16,19H2,1H3,(H,30,33)(H,31,35)/t27-/m0/s1. The van der Waals surface area contributed by atoms with Gasteiger partial charge in [0, 0.05) is 18.2 Å². The zero-order chi connectivity index (χ0) is 27.1. The molecule has 3 N–H and O–H groups in total. The minimum Gasteiger partial charge on any atom is -0.349 e. The van der Waals surface area contributed by atoms with E-state index in [1.807, 2.05) is 54.6 Å². The molecule has 0 unspecified atom stereocenters. The predicted molar refractivity (Wildman–Crippen MR) is 146 cm³/mol. The van der Waals surface area contributed by atoms with E-state index in [0.717, 1.165) is 16.3 Å². The average Bonchev–Trinajstić information content (AvgIpc) is 2.91. The van der Waals surface area contributed by atoms with Crippen molar-refractivity contribution < 1.29 is 22.8 Å². The van der Waals surface area contributed by atoms with Crippen LogP contribution in [0.2, 0.25) is 0 Å². The van der Waals surface area contributed by atoms with Gasteiger partial charge in [-0.25, -0.2) is 8.42 Å². The van der Waals surface area contributed by atoms with Gasteiger partial charge in [0.05, 0.1) is 17.5 Å². The molecule has 2 amide bonds.